The number of nitrogens with one attached hydrogen (secondary N) is 1. The molecule has 0 fully saturated rings. The van der Waals surface area contributed by atoms with E-state index in [-0.39, 0.29) is 6.61 Å². The largest absolute Gasteiger partial charge is 0.394 e. The highest BCUT2D eigenvalue weighted by Crippen LogP contribution is 2.14. The maximum Gasteiger partial charge on any atom is 0.131 e. The fourth-order valence-corrected chi connectivity index (χ4v) is 0.492. The second kappa shape index (κ2) is 2.84. The van der Waals surface area contributed by atoms with Crippen molar-refractivity contribution in [3.8, 4) is 0 Å². The van der Waals surface area contributed by atoms with Crippen LogP contribution in [0.25, 0.3) is 0 Å². The molecule has 0 rings (SSSR count). The van der Waals surface area contributed by atoms with Crippen LogP contribution in [0.15, 0.2) is 0 Å². The number of hydrogen-bond acceptors (Lipinski definition) is 4. The van der Waals surface area contributed by atoms with Gasteiger partial charge >= 0.3 is 0 Å². The van der Waals surface area contributed by atoms with Crippen molar-refractivity contribution < 1.29 is 10.2 Å². The third-order valence-electron chi connectivity index (χ3n) is 1.99. The Morgan fingerprint density at radius 2 is 1.90 bits per heavy atom. The zero-order valence-electron chi connectivity index (χ0n) is 6.68. The molecular formula is C6H16N2O2. The topological polar surface area (TPSA) is 78.5 Å². The number of nitrogens with two attached hydrogens (primary N) is 1. The molecule has 0 aromatic rings. The first-order valence-corrected chi connectivity index (χ1v) is 3.18. The molecule has 0 bridgehead atoms. The van der Waals surface area contributed by atoms with Crippen LogP contribution in [0.2, 0.25) is 0 Å². The average molecular weight is 148 g/mol. The van der Waals surface area contributed by atoms with Gasteiger partial charge in [0, 0.05) is 0 Å². The Balaban J connectivity index is 4.33. The molecule has 0 aliphatic rings. The van der Waals surface area contributed by atoms with Gasteiger partial charge in [0.2, 0.25) is 0 Å². The lowest BCUT2D eigenvalue weighted by Gasteiger charge is -2.38. The molecule has 0 aromatic carbocycles. The van der Waals surface area contributed by atoms with Crippen LogP contribution in [-0.4, -0.2) is 35.1 Å². The summed E-state index contributed by atoms with van der Waals surface area (Å²) in [6, 6.07) is 0. The molecule has 4 heteroatoms. The molecule has 0 spiro atoms. The van der Waals surface area contributed by atoms with Gasteiger partial charge in [-0.15, -0.1) is 0 Å². The van der Waals surface area contributed by atoms with E-state index in [0.29, 0.717) is 0 Å². The van der Waals surface area contributed by atoms with Gasteiger partial charge in [-0.1, -0.05) is 0 Å². The van der Waals surface area contributed by atoms with Crippen LogP contribution in [-0.2, 0) is 0 Å². The van der Waals surface area contributed by atoms with E-state index < -0.39 is 11.3 Å². The van der Waals surface area contributed by atoms with Crippen LogP contribution in [0.1, 0.15) is 13.8 Å². The molecule has 10 heavy (non-hydrogen) atoms. The maximum absolute atomic E-state index is 9.29. The molecule has 62 valence electrons. The molecule has 4 nitrogen and oxygen atoms in total. The molecule has 0 aliphatic heterocycles. The molecule has 0 radical (unpaired) electrons. The van der Waals surface area contributed by atoms with E-state index in [1.54, 1.807) is 14.0 Å². The molecule has 0 saturated carbocycles. The van der Waals surface area contributed by atoms with Crippen molar-refractivity contribution in [1.82, 2.24) is 5.32 Å². The summed E-state index contributed by atoms with van der Waals surface area (Å²) in [6.45, 7) is 2.89. The Morgan fingerprint density at radius 1 is 1.50 bits per heavy atom. The first kappa shape index (κ1) is 9.84. The highest BCUT2D eigenvalue weighted by molar-refractivity contribution is 4.94. The highest BCUT2D eigenvalue weighted by atomic mass is 16.3. The van der Waals surface area contributed by atoms with Crippen LogP contribution in [0, 0.1) is 0 Å². The Labute approximate surface area is 61.0 Å². The summed E-state index contributed by atoms with van der Waals surface area (Å²) in [5, 5.41) is 20.9. The van der Waals surface area contributed by atoms with Gasteiger partial charge in [0.15, 0.2) is 0 Å². The lowest BCUT2D eigenvalue weighted by molar-refractivity contribution is -0.0456. The van der Waals surface area contributed by atoms with E-state index >= 15 is 0 Å². The average Bonchev–Trinajstić information content (AvgIpc) is 1.84. The monoisotopic (exact) mass is 148 g/mol. The normalized spacial score (nSPS) is 23.4. The summed E-state index contributed by atoms with van der Waals surface area (Å²) in [6.07, 6.45) is 0. The highest BCUT2D eigenvalue weighted by Gasteiger charge is 2.38. The second-order valence-electron chi connectivity index (χ2n) is 2.89. The Morgan fingerprint density at radius 3 is 1.90 bits per heavy atom. The zero-order valence-corrected chi connectivity index (χ0v) is 6.68. The molecule has 0 heterocycles. The van der Waals surface area contributed by atoms with Gasteiger partial charge in [0.05, 0.1) is 12.1 Å². The smallest absolute Gasteiger partial charge is 0.131 e. The lowest BCUT2D eigenvalue weighted by Crippen LogP contribution is -2.65. The minimum Gasteiger partial charge on any atom is -0.394 e. The molecule has 2 unspecified atom stereocenters. The number of hydrogen-bond donors (Lipinski definition) is 4. The Kier molecular flexibility index (Phi) is 2.79. The van der Waals surface area contributed by atoms with Crippen LogP contribution in [0.3, 0.4) is 0 Å². The van der Waals surface area contributed by atoms with Crippen molar-refractivity contribution >= 4 is 0 Å². The van der Waals surface area contributed by atoms with Crippen LogP contribution in [0.4, 0.5) is 0 Å². The SMILES string of the molecule is CNC(C)(CO)C(C)(N)O. The predicted octanol–water partition coefficient (Wildman–Crippen LogP) is -1.38. The first-order chi connectivity index (χ1) is 4.37. The van der Waals surface area contributed by atoms with E-state index in [4.69, 9.17) is 10.8 Å². The van der Waals surface area contributed by atoms with Gasteiger partial charge in [0.1, 0.15) is 5.72 Å². The van der Waals surface area contributed by atoms with Gasteiger partial charge < -0.3 is 21.3 Å². The molecular weight excluding hydrogens is 132 g/mol. The number of rotatable bonds is 3. The summed E-state index contributed by atoms with van der Waals surface area (Å²) in [5.74, 6) is 0. The third kappa shape index (κ3) is 1.67. The van der Waals surface area contributed by atoms with Crippen LogP contribution in [0.5, 0.6) is 0 Å². The minimum absolute atomic E-state index is 0.201. The lowest BCUT2D eigenvalue weighted by atomic mass is 9.92. The first-order valence-electron chi connectivity index (χ1n) is 3.18. The van der Waals surface area contributed by atoms with E-state index in [9.17, 15) is 5.11 Å². The molecule has 0 saturated heterocycles. The van der Waals surface area contributed by atoms with Gasteiger partial charge in [-0.2, -0.15) is 0 Å². The Hall–Kier alpha value is -0.160. The van der Waals surface area contributed by atoms with Crippen LogP contribution < -0.4 is 11.1 Å². The molecule has 5 N–H and O–H groups in total. The molecule has 0 amide bonds. The van der Waals surface area contributed by atoms with E-state index in [0.717, 1.165) is 0 Å². The fourth-order valence-electron chi connectivity index (χ4n) is 0.492. The summed E-state index contributed by atoms with van der Waals surface area (Å²) >= 11 is 0. The number of likely N-dealkylation sites (N-methyl/N-ethyl adjacent to an activating group) is 1. The summed E-state index contributed by atoms with van der Waals surface area (Å²) in [5.41, 5.74) is 3.12. The van der Waals surface area contributed by atoms with E-state index in [1.807, 2.05) is 0 Å². The summed E-state index contributed by atoms with van der Waals surface area (Å²) in [4.78, 5) is 0. The fraction of sp³-hybridized carbons (Fsp3) is 1.00. The summed E-state index contributed by atoms with van der Waals surface area (Å²) < 4.78 is 0. The van der Waals surface area contributed by atoms with Crippen LogP contribution >= 0.6 is 0 Å². The van der Waals surface area contributed by atoms with Gasteiger partial charge in [-0.25, -0.2) is 0 Å². The Bertz CT molecular complexity index is 105. The number of aliphatic hydroxyl groups excluding tert-OH is 1. The van der Waals surface area contributed by atoms with Gasteiger partial charge in [-0.05, 0) is 20.9 Å². The van der Waals surface area contributed by atoms with Crippen molar-refractivity contribution in [2.24, 2.45) is 5.73 Å². The second-order valence-corrected chi connectivity index (χ2v) is 2.89. The molecule has 0 aromatic heterocycles. The third-order valence-corrected chi connectivity index (χ3v) is 1.99. The minimum atomic E-state index is -1.41. The van der Waals surface area contributed by atoms with Crippen molar-refractivity contribution in [2.45, 2.75) is 25.1 Å². The van der Waals surface area contributed by atoms with E-state index in [1.165, 1.54) is 6.92 Å². The van der Waals surface area contributed by atoms with Crippen molar-refractivity contribution in [3.05, 3.63) is 0 Å². The van der Waals surface area contributed by atoms with Crippen molar-refractivity contribution in [3.63, 3.8) is 0 Å². The molecule has 2 atom stereocenters. The van der Waals surface area contributed by atoms with E-state index in [2.05, 4.69) is 5.32 Å². The quantitative estimate of drug-likeness (QED) is 0.372. The number of aliphatic hydroxyl groups is 2. The standard InChI is InChI=1S/C6H16N2O2/c1-5(4-9,8-3)6(2,7)10/h8-10H,4,7H2,1-3H3. The summed E-state index contributed by atoms with van der Waals surface area (Å²) in [7, 11) is 1.64. The van der Waals surface area contributed by atoms with Gasteiger partial charge in [0.25, 0.3) is 0 Å². The van der Waals surface area contributed by atoms with Gasteiger partial charge in [-0.3, -0.25) is 0 Å². The molecule has 0 aliphatic carbocycles. The predicted molar refractivity (Wildman–Crippen MR) is 39.4 cm³/mol. The van der Waals surface area contributed by atoms with Crippen molar-refractivity contribution in [2.75, 3.05) is 13.7 Å². The zero-order chi connectivity index (χ0) is 8.41. The maximum atomic E-state index is 9.29. The van der Waals surface area contributed by atoms with Crippen molar-refractivity contribution in [1.29, 1.82) is 0 Å².